The van der Waals surface area contributed by atoms with Crippen molar-refractivity contribution in [1.82, 2.24) is 0 Å². The number of furan rings is 1. The highest BCUT2D eigenvalue weighted by molar-refractivity contribution is 5.86. The van der Waals surface area contributed by atoms with Crippen LogP contribution in [0.1, 0.15) is 11.3 Å². The number of esters is 2. The first-order valence-corrected chi connectivity index (χ1v) is 8.85. The molecule has 0 aliphatic heterocycles. The lowest BCUT2D eigenvalue weighted by atomic mass is 10.0. The fraction of sp³-hybridized carbons (Fsp3) is 0.333. The van der Waals surface area contributed by atoms with Crippen LogP contribution in [0.4, 0.5) is 0 Å². The van der Waals surface area contributed by atoms with Crippen molar-refractivity contribution in [2.45, 2.75) is 6.42 Å². The molecule has 2 rings (SSSR count). The molecular formula is C21H24O9. The SMILES string of the molecule is COCOc1cc(CC(=O)OC)c(-c2ccc(/C=C/C(=O)OC)o2)c(OCOC)c1. The summed E-state index contributed by atoms with van der Waals surface area (Å²) in [6, 6.07) is 6.69. The van der Waals surface area contributed by atoms with Gasteiger partial charge in [-0.25, -0.2) is 4.79 Å². The van der Waals surface area contributed by atoms with Crippen LogP contribution in [-0.4, -0.2) is 54.0 Å². The quantitative estimate of drug-likeness (QED) is 0.308. The average Bonchev–Trinajstić information content (AvgIpc) is 3.22. The molecule has 0 saturated carbocycles. The topological polar surface area (TPSA) is 103 Å². The Hall–Kier alpha value is -3.30. The highest BCUT2D eigenvalue weighted by Crippen LogP contribution is 2.39. The third-order valence-electron chi connectivity index (χ3n) is 3.85. The van der Waals surface area contributed by atoms with E-state index in [9.17, 15) is 9.59 Å². The lowest BCUT2D eigenvalue weighted by molar-refractivity contribution is -0.139. The predicted octanol–water partition coefficient (Wildman–Crippen LogP) is 2.81. The largest absolute Gasteiger partial charge is 0.469 e. The molecule has 30 heavy (non-hydrogen) atoms. The van der Waals surface area contributed by atoms with E-state index in [1.54, 1.807) is 24.3 Å². The highest BCUT2D eigenvalue weighted by atomic mass is 16.7. The van der Waals surface area contributed by atoms with Crippen LogP contribution in [0.3, 0.4) is 0 Å². The van der Waals surface area contributed by atoms with E-state index in [1.165, 1.54) is 40.6 Å². The van der Waals surface area contributed by atoms with Crippen LogP contribution in [0.2, 0.25) is 0 Å². The van der Waals surface area contributed by atoms with Crippen molar-refractivity contribution in [3.8, 4) is 22.8 Å². The smallest absolute Gasteiger partial charge is 0.330 e. The minimum absolute atomic E-state index is 0.0178. The number of ether oxygens (including phenoxy) is 6. The molecule has 0 unspecified atom stereocenters. The second kappa shape index (κ2) is 11.6. The molecule has 1 heterocycles. The molecule has 0 atom stereocenters. The summed E-state index contributed by atoms with van der Waals surface area (Å²) in [6.07, 6.45) is 2.66. The van der Waals surface area contributed by atoms with Gasteiger partial charge in [-0.05, 0) is 29.8 Å². The van der Waals surface area contributed by atoms with Gasteiger partial charge in [-0.2, -0.15) is 0 Å². The predicted molar refractivity (Wildman–Crippen MR) is 106 cm³/mol. The maximum absolute atomic E-state index is 12.0. The Morgan fingerprint density at radius 1 is 0.967 bits per heavy atom. The molecule has 0 aliphatic rings. The van der Waals surface area contributed by atoms with Crippen molar-refractivity contribution in [3.63, 3.8) is 0 Å². The standard InChI is InChI=1S/C21H24O9/c1-24-12-28-16-9-14(10-20(23)27-4)21(18(11-16)29-13-25-2)17-7-5-15(30-17)6-8-19(22)26-3/h5-9,11H,10,12-13H2,1-4H3/b8-6+. The van der Waals surface area contributed by atoms with E-state index in [4.69, 9.17) is 28.1 Å². The Kier molecular flexibility index (Phi) is 8.92. The van der Waals surface area contributed by atoms with Gasteiger partial charge in [0.1, 0.15) is 23.0 Å². The number of hydrogen-bond acceptors (Lipinski definition) is 9. The van der Waals surface area contributed by atoms with Crippen LogP contribution in [0, 0.1) is 0 Å². The third kappa shape index (κ3) is 6.36. The van der Waals surface area contributed by atoms with Gasteiger partial charge in [0.15, 0.2) is 13.6 Å². The molecule has 0 saturated heterocycles. The Bertz CT molecular complexity index is 883. The van der Waals surface area contributed by atoms with Gasteiger partial charge in [0, 0.05) is 26.4 Å². The first-order chi connectivity index (χ1) is 14.5. The fourth-order valence-electron chi connectivity index (χ4n) is 2.53. The molecule has 2 aromatic rings. The summed E-state index contributed by atoms with van der Waals surface area (Å²) in [5.74, 6) is 0.683. The molecule has 0 N–H and O–H groups in total. The molecule has 1 aromatic carbocycles. The summed E-state index contributed by atoms with van der Waals surface area (Å²) in [5, 5.41) is 0. The number of carbonyl (C=O) groups excluding carboxylic acids is 2. The molecule has 0 spiro atoms. The van der Waals surface area contributed by atoms with Gasteiger partial charge in [0.25, 0.3) is 0 Å². The van der Waals surface area contributed by atoms with Crippen molar-refractivity contribution in [3.05, 3.63) is 41.7 Å². The number of rotatable bonds is 11. The second-order valence-corrected chi connectivity index (χ2v) is 5.87. The van der Waals surface area contributed by atoms with Gasteiger partial charge >= 0.3 is 11.9 Å². The summed E-state index contributed by atoms with van der Waals surface area (Å²) in [6.45, 7) is -0.0157. The molecule has 0 aliphatic carbocycles. The van der Waals surface area contributed by atoms with Gasteiger partial charge in [-0.15, -0.1) is 0 Å². The fourth-order valence-corrected chi connectivity index (χ4v) is 2.53. The summed E-state index contributed by atoms with van der Waals surface area (Å²) >= 11 is 0. The zero-order chi connectivity index (χ0) is 21.9. The van der Waals surface area contributed by atoms with Crippen molar-refractivity contribution in [2.24, 2.45) is 0 Å². The van der Waals surface area contributed by atoms with Crippen LogP contribution in [-0.2, 0) is 35.0 Å². The summed E-state index contributed by atoms with van der Waals surface area (Å²) in [5.41, 5.74) is 1.08. The number of carbonyl (C=O) groups is 2. The van der Waals surface area contributed by atoms with Crippen LogP contribution >= 0.6 is 0 Å². The van der Waals surface area contributed by atoms with E-state index in [1.807, 2.05) is 0 Å². The number of methoxy groups -OCH3 is 4. The van der Waals surface area contributed by atoms with E-state index >= 15 is 0 Å². The van der Waals surface area contributed by atoms with E-state index in [0.29, 0.717) is 34.1 Å². The molecular weight excluding hydrogens is 396 g/mol. The molecule has 9 heteroatoms. The van der Waals surface area contributed by atoms with E-state index in [2.05, 4.69) is 4.74 Å². The minimum atomic E-state index is -0.511. The minimum Gasteiger partial charge on any atom is -0.469 e. The molecule has 0 bridgehead atoms. The van der Waals surface area contributed by atoms with Crippen molar-refractivity contribution < 1.29 is 42.4 Å². The Morgan fingerprint density at radius 2 is 1.70 bits per heavy atom. The lowest BCUT2D eigenvalue weighted by Gasteiger charge is -2.16. The van der Waals surface area contributed by atoms with E-state index < -0.39 is 11.9 Å². The zero-order valence-electron chi connectivity index (χ0n) is 17.3. The van der Waals surface area contributed by atoms with Crippen molar-refractivity contribution in [1.29, 1.82) is 0 Å². The Labute approximate surface area is 174 Å². The first-order valence-electron chi connectivity index (χ1n) is 8.85. The summed E-state index contributed by atoms with van der Waals surface area (Å²) in [4.78, 5) is 23.3. The van der Waals surface area contributed by atoms with Crippen LogP contribution < -0.4 is 9.47 Å². The normalized spacial score (nSPS) is 10.8. The van der Waals surface area contributed by atoms with Gasteiger partial charge in [0.2, 0.25) is 0 Å². The molecule has 0 radical (unpaired) electrons. The molecule has 162 valence electrons. The van der Waals surface area contributed by atoms with Crippen LogP contribution in [0.15, 0.2) is 34.8 Å². The highest BCUT2D eigenvalue weighted by Gasteiger charge is 2.20. The van der Waals surface area contributed by atoms with Crippen LogP contribution in [0.5, 0.6) is 11.5 Å². The second-order valence-electron chi connectivity index (χ2n) is 5.87. The van der Waals surface area contributed by atoms with E-state index in [0.717, 1.165) is 0 Å². The Morgan fingerprint density at radius 3 is 2.37 bits per heavy atom. The van der Waals surface area contributed by atoms with Crippen LogP contribution in [0.25, 0.3) is 17.4 Å². The average molecular weight is 420 g/mol. The first kappa shape index (κ1) is 23.0. The maximum Gasteiger partial charge on any atom is 0.330 e. The van der Waals surface area contributed by atoms with Gasteiger partial charge in [-0.1, -0.05) is 0 Å². The van der Waals surface area contributed by atoms with Crippen molar-refractivity contribution >= 4 is 18.0 Å². The molecule has 0 amide bonds. The van der Waals surface area contributed by atoms with Gasteiger partial charge < -0.3 is 32.8 Å². The summed E-state index contributed by atoms with van der Waals surface area (Å²) < 4.78 is 36.4. The van der Waals surface area contributed by atoms with Gasteiger partial charge in [-0.3, -0.25) is 4.79 Å². The zero-order valence-corrected chi connectivity index (χ0v) is 17.3. The molecule has 0 fully saturated rings. The molecule has 1 aromatic heterocycles. The maximum atomic E-state index is 12.0. The van der Waals surface area contributed by atoms with Crippen molar-refractivity contribution in [2.75, 3.05) is 42.0 Å². The van der Waals surface area contributed by atoms with Gasteiger partial charge in [0.05, 0.1) is 26.2 Å². The third-order valence-corrected chi connectivity index (χ3v) is 3.85. The monoisotopic (exact) mass is 420 g/mol. The lowest BCUT2D eigenvalue weighted by Crippen LogP contribution is -2.09. The summed E-state index contributed by atoms with van der Waals surface area (Å²) in [7, 11) is 5.57. The number of hydrogen-bond donors (Lipinski definition) is 0. The Balaban J connectivity index is 2.52. The number of benzene rings is 1. The van der Waals surface area contributed by atoms with E-state index in [-0.39, 0.29) is 20.0 Å². The molecule has 9 nitrogen and oxygen atoms in total.